The number of carbonyl (C=O) groups is 2. The standard InChI is InChI=1S/C24H31N5O2/c1-17(2)13-23(30)28-11-8-19(9-12-28)18-3-5-21(6-4-18)27-24(31)20-15-29(16-20)22-7-10-25-26-14-22/h3-7,10,14,17,19-20H,8-9,11-13,15-16H2,1-2H3,(H,27,31). The molecule has 3 heterocycles. The van der Waals surface area contributed by atoms with Gasteiger partial charge < -0.3 is 15.1 Å². The zero-order valence-electron chi connectivity index (χ0n) is 18.3. The smallest absolute Gasteiger partial charge is 0.231 e. The number of amides is 2. The predicted molar refractivity (Wildman–Crippen MR) is 121 cm³/mol. The summed E-state index contributed by atoms with van der Waals surface area (Å²) in [6, 6.07) is 10.1. The van der Waals surface area contributed by atoms with E-state index in [0.29, 0.717) is 31.3 Å². The highest BCUT2D eigenvalue weighted by atomic mass is 16.2. The first-order chi connectivity index (χ1) is 15.0. The molecule has 4 rings (SSSR count). The Kier molecular flexibility index (Phi) is 6.49. The molecular weight excluding hydrogens is 390 g/mol. The number of rotatable bonds is 6. The molecule has 0 saturated carbocycles. The van der Waals surface area contributed by atoms with Gasteiger partial charge in [-0.3, -0.25) is 9.59 Å². The van der Waals surface area contributed by atoms with Gasteiger partial charge in [0, 0.05) is 38.3 Å². The van der Waals surface area contributed by atoms with E-state index in [1.807, 2.05) is 23.1 Å². The third kappa shape index (κ3) is 5.21. The van der Waals surface area contributed by atoms with Gasteiger partial charge in [0.2, 0.25) is 11.8 Å². The van der Waals surface area contributed by atoms with Crippen LogP contribution in [0.15, 0.2) is 42.7 Å². The van der Waals surface area contributed by atoms with Crippen molar-refractivity contribution in [2.45, 2.75) is 39.0 Å². The predicted octanol–water partition coefficient (Wildman–Crippen LogP) is 3.30. The van der Waals surface area contributed by atoms with E-state index in [1.165, 1.54) is 5.56 Å². The first kappa shape index (κ1) is 21.3. The summed E-state index contributed by atoms with van der Waals surface area (Å²) in [5.41, 5.74) is 3.12. The summed E-state index contributed by atoms with van der Waals surface area (Å²) < 4.78 is 0. The maximum atomic E-state index is 12.5. The van der Waals surface area contributed by atoms with Gasteiger partial charge in [0.05, 0.1) is 24.0 Å². The average Bonchev–Trinajstić information content (AvgIpc) is 2.74. The Bertz CT molecular complexity index is 886. The van der Waals surface area contributed by atoms with Crippen LogP contribution in [0.2, 0.25) is 0 Å². The number of benzene rings is 1. The van der Waals surface area contributed by atoms with E-state index < -0.39 is 0 Å². The van der Waals surface area contributed by atoms with Crippen LogP contribution in [0.3, 0.4) is 0 Å². The molecule has 0 atom stereocenters. The lowest BCUT2D eigenvalue weighted by atomic mass is 9.89. The van der Waals surface area contributed by atoms with Crippen molar-refractivity contribution in [3.63, 3.8) is 0 Å². The van der Waals surface area contributed by atoms with E-state index in [9.17, 15) is 9.59 Å². The van der Waals surface area contributed by atoms with Crippen LogP contribution >= 0.6 is 0 Å². The van der Waals surface area contributed by atoms with Gasteiger partial charge in [-0.05, 0) is 48.4 Å². The summed E-state index contributed by atoms with van der Waals surface area (Å²) in [5.74, 6) is 1.20. The monoisotopic (exact) mass is 421 g/mol. The fraction of sp³-hybridized carbons (Fsp3) is 0.500. The molecule has 0 aliphatic carbocycles. The Morgan fingerprint density at radius 1 is 1.06 bits per heavy atom. The molecular formula is C24H31N5O2. The molecule has 1 aromatic carbocycles. The van der Waals surface area contributed by atoms with E-state index in [-0.39, 0.29) is 17.7 Å². The van der Waals surface area contributed by atoms with Crippen molar-refractivity contribution in [3.05, 3.63) is 48.3 Å². The van der Waals surface area contributed by atoms with E-state index in [4.69, 9.17) is 0 Å². The lowest BCUT2D eigenvalue weighted by molar-refractivity contribution is -0.133. The van der Waals surface area contributed by atoms with Gasteiger partial charge in [-0.15, -0.1) is 0 Å². The summed E-state index contributed by atoms with van der Waals surface area (Å²) in [6.07, 6.45) is 6.01. The van der Waals surface area contributed by atoms with Gasteiger partial charge in [-0.1, -0.05) is 26.0 Å². The number of piperidine rings is 1. The van der Waals surface area contributed by atoms with Crippen molar-refractivity contribution in [2.75, 3.05) is 36.4 Å². The summed E-state index contributed by atoms with van der Waals surface area (Å²) in [6.45, 7) is 7.24. The Balaban J connectivity index is 1.24. The fourth-order valence-electron chi connectivity index (χ4n) is 4.35. The zero-order valence-corrected chi connectivity index (χ0v) is 18.3. The van der Waals surface area contributed by atoms with Gasteiger partial charge >= 0.3 is 0 Å². The molecule has 1 aromatic heterocycles. The maximum Gasteiger partial charge on any atom is 0.231 e. The normalized spacial score (nSPS) is 17.5. The van der Waals surface area contributed by atoms with Crippen molar-refractivity contribution in [1.29, 1.82) is 0 Å². The van der Waals surface area contributed by atoms with Crippen molar-refractivity contribution < 1.29 is 9.59 Å². The Morgan fingerprint density at radius 2 is 1.77 bits per heavy atom. The summed E-state index contributed by atoms with van der Waals surface area (Å²) >= 11 is 0. The van der Waals surface area contributed by atoms with Crippen LogP contribution < -0.4 is 10.2 Å². The second kappa shape index (κ2) is 9.45. The lowest BCUT2D eigenvalue weighted by Gasteiger charge is -2.39. The molecule has 2 aliphatic heterocycles. The van der Waals surface area contributed by atoms with Crippen molar-refractivity contribution >= 4 is 23.2 Å². The Morgan fingerprint density at radius 3 is 2.39 bits per heavy atom. The molecule has 2 amide bonds. The molecule has 2 saturated heterocycles. The molecule has 2 fully saturated rings. The van der Waals surface area contributed by atoms with Crippen LogP contribution in [0.5, 0.6) is 0 Å². The highest BCUT2D eigenvalue weighted by molar-refractivity contribution is 5.94. The zero-order chi connectivity index (χ0) is 21.8. The molecule has 0 unspecified atom stereocenters. The van der Waals surface area contributed by atoms with Crippen molar-refractivity contribution in [3.8, 4) is 0 Å². The highest BCUT2D eigenvalue weighted by Crippen LogP contribution is 2.30. The number of hydrogen-bond acceptors (Lipinski definition) is 5. The highest BCUT2D eigenvalue weighted by Gasteiger charge is 2.33. The number of likely N-dealkylation sites (tertiary alicyclic amines) is 1. The molecule has 7 nitrogen and oxygen atoms in total. The van der Waals surface area contributed by atoms with E-state index >= 15 is 0 Å². The first-order valence-corrected chi connectivity index (χ1v) is 11.2. The van der Waals surface area contributed by atoms with E-state index in [0.717, 1.165) is 37.3 Å². The Labute approximate surface area is 183 Å². The van der Waals surface area contributed by atoms with Gasteiger partial charge in [0.15, 0.2) is 0 Å². The topological polar surface area (TPSA) is 78.4 Å². The summed E-state index contributed by atoms with van der Waals surface area (Å²) in [4.78, 5) is 28.9. The third-order valence-electron chi connectivity index (χ3n) is 6.27. The van der Waals surface area contributed by atoms with Crippen molar-refractivity contribution in [2.24, 2.45) is 11.8 Å². The van der Waals surface area contributed by atoms with Gasteiger partial charge in [0.1, 0.15) is 0 Å². The SMILES string of the molecule is CC(C)CC(=O)N1CCC(c2ccc(NC(=O)C3CN(c4ccnnc4)C3)cc2)CC1. The van der Waals surface area contributed by atoms with Crippen LogP contribution in [0.4, 0.5) is 11.4 Å². The van der Waals surface area contributed by atoms with Crippen LogP contribution in [-0.2, 0) is 9.59 Å². The quantitative estimate of drug-likeness (QED) is 0.774. The van der Waals surface area contributed by atoms with E-state index in [2.05, 4.69) is 46.4 Å². The van der Waals surface area contributed by atoms with Crippen LogP contribution in [0.25, 0.3) is 0 Å². The van der Waals surface area contributed by atoms with Gasteiger partial charge in [-0.25, -0.2) is 0 Å². The number of anilines is 2. The summed E-state index contributed by atoms with van der Waals surface area (Å²) in [7, 11) is 0. The largest absolute Gasteiger partial charge is 0.368 e. The molecule has 164 valence electrons. The van der Waals surface area contributed by atoms with Crippen LogP contribution in [0, 0.1) is 11.8 Å². The molecule has 0 radical (unpaired) electrons. The molecule has 2 aliphatic rings. The minimum atomic E-state index is -0.0134. The van der Waals surface area contributed by atoms with Crippen LogP contribution in [0.1, 0.15) is 44.6 Å². The molecule has 7 heteroatoms. The first-order valence-electron chi connectivity index (χ1n) is 11.2. The number of nitrogens with zero attached hydrogens (tertiary/aromatic N) is 4. The number of nitrogens with one attached hydrogen (secondary N) is 1. The Hall–Kier alpha value is -2.96. The van der Waals surface area contributed by atoms with Gasteiger partial charge in [-0.2, -0.15) is 10.2 Å². The lowest BCUT2D eigenvalue weighted by Crippen LogP contribution is -2.52. The number of carbonyl (C=O) groups excluding carboxylic acids is 2. The maximum absolute atomic E-state index is 12.5. The summed E-state index contributed by atoms with van der Waals surface area (Å²) in [5, 5.41) is 10.7. The second-order valence-corrected chi connectivity index (χ2v) is 9.07. The molecule has 31 heavy (non-hydrogen) atoms. The van der Waals surface area contributed by atoms with E-state index in [1.54, 1.807) is 12.4 Å². The van der Waals surface area contributed by atoms with Crippen LogP contribution in [-0.4, -0.2) is 53.1 Å². The third-order valence-corrected chi connectivity index (χ3v) is 6.27. The minimum absolute atomic E-state index is 0.0134. The number of aromatic nitrogens is 2. The fourth-order valence-corrected chi connectivity index (χ4v) is 4.35. The van der Waals surface area contributed by atoms with Crippen molar-refractivity contribution in [1.82, 2.24) is 15.1 Å². The average molecular weight is 422 g/mol. The molecule has 1 N–H and O–H groups in total. The molecule has 2 aromatic rings. The second-order valence-electron chi connectivity index (χ2n) is 9.07. The molecule has 0 spiro atoms. The molecule has 0 bridgehead atoms. The van der Waals surface area contributed by atoms with Gasteiger partial charge in [0.25, 0.3) is 0 Å². The minimum Gasteiger partial charge on any atom is -0.368 e. The number of hydrogen-bond donors (Lipinski definition) is 1.